The van der Waals surface area contributed by atoms with Gasteiger partial charge in [0, 0.05) is 16.3 Å². The van der Waals surface area contributed by atoms with Crippen LogP contribution in [0, 0.1) is 47.3 Å². The first-order chi connectivity index (χ1) is 18.0. The van der Waals surface area contributed by atoms with Crippen molar-refractivity contribution in [2.75, 3.05) is 6.61 Å². The van der Waals surface area contributed by atoms with Crippen LogP contribution in [0.25, 0.3) is 0 Å². The van der Waals surface area contributed by atoms with Crippen LogP contribution in [0.3, 0.4) is 0 Å². The zero-order chi connectivity index (χ0) is 29.7. The first kappa shape index (κ1) is 35.7. The Kier molecular flexibility index (Phi) is 14.5. The summed E-state index contributed by atoms with van der Waals surface area (Å²) >= 11 is 8.03. The molecule has 2 fully saturated rings. The van der Waals surface area contributed by atoms with E-state index in [9.17, 15) is 0 Å². The number of rotatable bonds is 12. The van der Waals surface area contributed by atoms with Crippen LogP contribution in [-0.4, -0.2) is 48.1 Å². The van der Waals surface area contributed by atoms with Crippen LogP contribution in [0.1, 0.15) is 101 Å². The largest absolute Gasteiger partial charge is 0.418 e. The minimum atomic E-state index is -1.52. The van der Waals surface area contributed by atoms with Gasteiger partial charge in [-0.25, -0.2) is 0 Å². The fourth-order valence-corrected chi connectivity index (χ4v) is 9.53. The smallest absolute Gasteiger partial charge is 0.183 e. The molecular formula is C33H62Br2N2OSi. The summed E-state index contributed by atoms with van der Waals surface area (Å²) in [7, 11) is -1.52. The molecule has 0 aliphatic heterocycles. The third-order valence-corrected chi connectivity index (χ3v) is 12.0. The third-order valence-electron chi connectivity index (χ3n) is 9.45. The van der Waals surface area contributed by atoms with Crippen LogP contribution < -0.4 is 0 Å². The molecule has 228 valence electrons. The summed E-state index contributed by atoms with van der Waals surface area (Å²) in [6, 6.07) is 0.749. The maximum Gasteiger partial charge on any atom is 0.183 e. The molecular weight excluding hydrogens is 628 g/mol. The molecule has 0 bridgehead atoms. The van der Waals surface area contributed by atoms with Crippen LogP contribution in [0.5, 0.6) is 0 Å². The fraction of sp³-hybridized carbons (Fsp3) is 0.939. The predicted molar refractivity (Wildman–Crippen MR) is 184 cm³/mol. The lowest BCUT2D eigenvalue weighted by atomic mass is 9.68. The van der Waals surface area contributed by atoms with E-state index in [2.05, 4.69) is 114 Å². The quantitative estimate of drug-likeness (QED) is 0.0869. The lowest BCUT2D eigenvalue weighted by molar-refractivity contribution is 0.148. The molecule has 0 spiro atoms. The highest BCUT2D eigenvalue weighted by atomic mass is 79.9. The molecule has 0 N–H and O–H groups in total. The first-order valence-electron chi connectivity index (χ1n) is 16.0. The Balaban J connectivity index is 2.52. The Morgan fingerprint density at radius 3 is 1.38 bits per heavy atom. The monoisotopic (exact) mass is 688 g/mol. The Morgan fingerprint density at radius 2 is 1.05 bits per heavy atom. The highest BCUT2D eigenvalue weighted by Crippen LogP contribution is 2.44. The average molecular weight is 691 g/mol. The van der Waals surface area contributed by atoms with Crippen LogP contribution in [0.2, 0.25) is 19.6 Å². The van der Waals surface area contributed by atoms with Gasteiger partial charge in [-0.05, 0) is 112 Å². The second-order valence-electron chi connectivity index (χ2n) is 15.1. The van der Waals surface area contributed by atoms with Gasteiger partial charge in [0.15, 0.2) is 8.32 Å². The van der Waals surface area contributed by atoms with Crippen molar-refractivity contribution < 1.29 is 4.43 Å². The number of hydrogen-bond donors (Lipinski definition) is 0. The maximum absolute atomic E-state index is 6.27. The van der Waals surface area contributed by atoms with Gasteiger partial charge in [0.05, 0.1) is 23.5 Å². The van der Waals surface area contributed by atoms with Gasteiger partial charge in [-0.15, -0.1) is 0 Å². The van der Waals surface area contributed by atoms with Crippen molar-refractivity contribution in [2.45, 2.75) is 142 Å². The van der Waals surface area contributed by atoms with E-state index < -0.39 is 8.32 Å². The second-order valence-corrected chi connectivity index (χ2v) is 22.2. The van der Waals surface area contributed by atoms with Crippen LogP contribution in [0.4, 0.5) is 0 Å². The summed E-state index contributed by atoms with van der Waals surface area (Å²) in [4.78, 5) is 12.6. The summed E-state index contributed by atoms with van der Waals surface area (Å²) in [6.07, 6.45) is 6.88. The van der Waals surface area contributed by atoms with Crippen molar-refractivity contribution in [1.29, 1.82) is 0 Å². The first-order valence-corrected chi connectivity index (χ1v) is 21.3. The molecule has 3 nitrogen and oxygen atoms in total. The van der Waals surface area contributed by atoms with Gasteiger partial charge in [0.1, 0.15) is 0 Å². The van der Waals surface area contributed by atoms with Crippen molar-refractivity contribution in [2.24, 2.45) is 57.3 Å². The molecule has 0 aromatic carbocycles. The van der Waals surface area contributed by atoms with Gasteiger partial charge in [-0.3, -0.25) is 9.98 Å². The molecule has 0 saturated heterocycles. The van der Waals surface area contributed by atoms with E-state index in [1.807, 2.05) is 0 Å². The Hall–Kier alpha value is 0.477. The van der Waals surface area contributed by atoms with Crippen molar-refractivity contribution >= 4 is 51.6 Å². The summed E-state index contributed by atoms with van der Waals surface area (Å²) in [5, 5.41) is 0. The molecule has 0 heterocycles. The molecule has 0 aromatic rings. The fourth-order valence-electron chi connectivity index (χ4n) is 7.05. The van der Waals surface area contributed by atoms with E-state index in [0.717, 1.165) is 19.4 Å². The molecule has 2 aliphatic rings. The number of nitrogens with zero attached hydrogens (tertiary/aromatic N) is 2. The van der Waals surface area contributed by atoms with Crippen LogP contribution >= 0.6 is 31.9 Å². The molecule has 2 aliphatic carbocycles. The Labute approximate surface area is 261 Å². The summed E-state index contributed by atoms with van der Waals surface area (Å²) in [5.74, 6) is 4.93. The predicted octanol–water partition coefficient (Wildman–Crippen LogP) is 10.5. The van der Waals surface area contributed by atoms with Crippen molar-refractivity contribution in [3.8, 4) is 0 Å². The minimum Gasteiger partial charge on any atom is -0.418 e. The topological polar surface area (TPSA) is 34.0 Å². The van der Waals surface area contributed by atoms with Gasteiger partial charge in [-0.2, -0.15) is 0 Å². The SMILES string of the molecule is CC(=NC1C(C(C)C)CC(Br)CC1C(C)C)C(CCCO[Si](C)(C)C)=NC1C(C(C)C)CC(Br)CC1C(C)C. The van der Waals surface area contributed by atoms with Crippen molar-refractivity contribution in [3.05, 3.63) is 0 Å². The molecule has 6 heteroatoms. The maximum atomic E-state index is 6.27. The van der Waals surface area contributed by atoms with Gasteiger partial charge in [0.2, 0.25) is 0 Å². The number of halogens is 2. The Morgan fingerprint density at radius 1 is 0.692 bits per heavy atom. The third kappa shape index (κ3) is 10.9. The molecule has 4 atom stereocenters. The van der Waals surface area contributed by atoms with Crippen LogP contribution in [-0.2, 0) is 4.43 Å². The van der Waals surface area contributed by atoms with Gasteiger partial charge < -0.3 is 4.43 Å². The standard InChI is InChI=1S/C33H62Br2N2OSi/c1-20(2)27-16-25(34)17-28(21(3)4)32(27)36-24(9)31(14-13-15-38-39(10,11)12)37-33-29(22(5)6)18-26(35)19-30(33)23(7)8/h20-23,25-30,32-33H,13-19H2,1-12H3. The zero-order valence-electron chi connectivity index (χ0n) is 27.4. The minimum absolute atomic E-state index is 0.372. The average Bonchev–Trinajstić information content (AvgIpc) is 2.80. The molecule has 39 heavy (non-hydrogen) atoms. The van der Waals surface area contributed by atoms with Gasteiger partial charge in [0.25, 0.3) is 0 Å². The van der Waals surface area contributed by atoms with E-state index in [-0.39, 0.29) is 0 Å². The van der Waals surface area contributed by atoms with Crippen LogP contribution in [0.15, 0.2) is 9.98 Å². The van der Waals surface area contributed by atoms with E-state index in [1.54, 1.807) is 0 Å². The number of hydrogen-bond acceptors (Lipinski definition) is 3. The lowest BCUT2D eigenvalue weighted by Crippen LogP contribution is -2.43. The molecule has 2 rings (SSSR count). The van der Waals surface area contributed by atoms with Gasteiger partial charge in [-0.1, -0.05) is 87.2 Å². The normalized spacial score (nSPS) is 33.6. The van der Waals surface area contributed by atoms with Crippen molar-refractivity contribution in [1.82, 2.24) is 0 Å². The summed E-state index contributed by atoms with van der Waals surface area (Å²) in [5.41, 5.74) is 2.46. The van der Waals surface area contributed by atoms with Crippen molar-refractivity contribution in [3.63, 3.8) is 0 Å². The lowest BCUT2D eigenvalue weighted by Gasteiger charge is -2.43. The van der Waals surface area contributed by atoms with E-state index >= 15 is 0 Å². The second kappa shape index (κ2) is 15.8. The summed E-state index contributed by atoms with van der Waals surface area (Å²) < 4.78 is 6.27. The Bertz CT molecular complexity index is 768. The molecule has 4 unspecified atom stereocenters. The highest BCUT2D eigenvalue weighted by Gasteiger charge is 2.41. The zero-order valence-corrected chi connectivity index (χ0v) is 31.6. The van der Waals surface area contributed by atoms with E-state index in [0.29, 0.717) is 69.1 Å². The summed E-state index contributed by atoms with van der Waals surface area (Å²) in [6.45, 7) is 29.1. The molecule has 0 radical (unpaired) electrons. The molecule has 0 aromatic heterocycles. The van der Waals surface area contributed by atoms with Gasteiger partial charge >= 0.3 is 0 Å². The number of aliphatic imine (C=N–C) groups is 2. The molecule has 0 amide bonds. The molecule has 2 saturated carbocycles. The van der Waals surface area contributed by atoms with E-state index in [1.165, 1.54) is 37.1 Å². The van der Waals surface area contributed by atoms with E-state index in [4.69, 9.17) is 14.4 Å². The highest BCUT2D eigenvalue weighted by molar-refractivity contribution is 9.09. The number of alkyl halides is 2.